The summed E-state index contributed by atoms with van der Waals surface area (Å²) in [6, 6.07) is 18.4. The number of hydrogen-bond donors (Lipinski definition) is 3. The maximum absolute atomic E-state index is 12.3. The Morgan fingerprint density at radius 2 is 1.78 bits per heavy atom. The summed E-state index contributed by atoms with van der Waals surface area (Å²) in [4.78, 5) is 47.7. The number of carbonyl (C=O) groups is 2. The van der Waals surface area contributed by atoms with Gasteiger partial charge >= 0.3 is 0 Å². The van der Waals surface area contributed by atoms with Gasteiger partial charge in [-0.1, -0.05) is 65.6 Å². The van der Waals surface area contributed by atoms with Crippen LogP contribution in [-0.4, -0.2) is 32.5 Å². The fraction of sp³-hybridized carbons (Fsp3) is 0.136. The summed E-state index contributed by atoms with van der Waals surface area (Å²) in [5, 5.41) is 6.36. The highest BCUT2D eigenvalue weighted by Crippen LogP contribution is 2.25. The first-order chi connectivity index (χ1) is 15.5. The molecule has 4 rings (SSSR count). The van der Waals surface area contributed by atoms with Gasteiger partial charge in [-0.15, -0.1) is 0 Å². The van der Waals surface area contributed by atoms with E-state index in [1.807, 2.05) is 54.6 Å². The summed E-state index contributed by atoms with van der Waals surface area (Å²) in [5.41, 5.74) is 1.77. The van der Waals surface area contributed by atoms with Crippen molar-refractivity contribution >= 4 is 50.3 Å². The lowest BCUT2D eigenvalue weighted by atomic mass is 10.2. The molecule has 2 amide bonds. The maximum atomic E-state index is 12.3. The SMILES string of the molecule is O=C(Cc1cc(=O)[nH]c(SCC(=O)Nc2nc3ccccc3s2)n1)NCc1ccccc1. The topological polar surface area (TPSA) is 117 Å². The Balaban J connectivity index is 1.31. The molecule has 8 nitrogen and oxygen atoms in total. The number of amides is 2. The Labute approximate surface area is 191 Å². The Morgan fingerprint density at radius 3 is 2.59 bits per heavy atom. The van der Waals surface area contributed by atoms with Crippen molar-refractivity contribution in [1.29, 1.82) is 0 Å². The molecule has 0 saturated carbocycles. The fourth-order valence-electron chi connectivity index (χ4n) is 2.88. The van der Waals surface area contributed by atoms with Crippen LogP contribution in [0.1, 0.15) is 11.3 Å². The molecule has 3 N–H and O–H groups in total. The van der Waals surface area contributed by atoms with Gasteiger partial charge in [-0.25, -0.2) is 9.97 Å². The van der Waals surface area contributed by atoms with Gasteiger partial charge in [-0.2, -0.15) is 0 Å². The monoisotopic (exact) mass is 465 g/mol. The smallest absolute Gasteiger partial charge is 0.251 e. The predicted molar refractivity (Wildman–Crippen MR) is 126 cm³/mol. The van der Waals surface area contributed by atoms with E-state index in [1.165, 1.54) is 17.4 Å². The zero-order valence-corrected chi connectivity index (χ0v) is 18.5. The summed E-state index contributed by atoms with van der Waals surface area (Å²) in [5.74, 6) is -0.457. The van der Waals surface area contributed by atoms with Crippen LogP contribution >= 0.6 is 23.1 Å². The number of aromatic amines is 1. The molecular formula is C22H19N5O3S2. The first-order valence-corrected chi connectivity index (χ1v) is 11.5. The number of nitrogens with one attached hydrogen (secondary N) is 3. The first-order valence-electron chi connectivity index (χ1n) is 9.74. The molecule has 10 heteroatoms. The van der Waals surface area contributed by atoms with Crippen LogP contribution < -0.4 is 16.2 Å². The number of fused-ring (bicyclic) bond motifs is 1. The molecule has 2 aromatic carbocycles. The van der Waals surface area contributed by atoms with Gasteiger partial charge in [0, 0.05) is 12.6 Å². The van der Waals surface area contributed by atoms with Crippen LogP contribution in [0.5, 0.6) is 0 Å². The van der Waals surface area contributed by atoms with Gasteiger partial charge in [-0.05, 0) is 17.7 Å². The van der Waals surface area contributed by atoms with E-state index in [2.05, 4.69) is 25.6 Å². The second kappa shape index (κ2) is 10.2. The minimum Gasteiger partial charge on any atom is -0.352 e. The van der Waals surface area contributed by atoms with Gasteiger partial charge in [0.25, 0.3) is 5.56 Å². The third kappa shape index (κ3) is 6.02. The van der Waals surface area contributed by atoms with Gasteiger partial charge < -0.3 is 15.6 Å². The van der Waals surface area contributed by atoms with Crippen LogP contribution in [0.3, 0.4) is 0 Å². The van der Waals surface area contributed by atoms with E-state index in [9.17, 15) is 14.4 Å². The molecule has 0 unspecified atom stereocenters. The normalized spacial score (nSPS) is 10.8. The quantitative estimate of drug-likeness (QED) is 0.272. The molecule has 0 spiro atoms. The Bertz CT molecular complexity index is 1270. The number of aromatic nitrogens is 3. The van der Waals surface area contributed by atoms with Gasteiger partial charge in [0.05, 0.1) is 28.1 Å². The highest BCUT2D eigenvalue weighted by Gasteiger charge is 2.11. The number of H-pyrrole nitrogens is 1. The number of thiazole rings is 1. The number of para-hydroxylation sites is 1. The molecule has 0 aliphatic rings. The summed E-state index contributed by atoms with van der Waals surface area (Å²) in [6.45, 7) is 0.399. The molecule has 4 aromatic rings. The highest BCUT2D eigenvalue weighted by atomic mass is 32.2. The van der Waals surface area contributed by atoms with Gasteiger partial charge in [0.1, 0.15) is 0 Å². The Morgan fingerprint density at radius 1 is 1.00 bits per heavy atom. The summed E-state index contributed by atoms with van der Waals surface area (Å²) < 4.78 is 0.986. The molecule has 0 aliphatic carbocycles. The lowest BCUT2D eigenvalue weighted by Crippen LogP contribution is -2.26. The van der Waals surface area contributed by atoms with Crippen molar-refractivity contribution in [3.8, 4) is 0 Å². The molecule has 0 fully saturated rings. The van der Waals surface area contributed by atoms with E-state index < -0.39 is 0 Å². The highest BCUT2D eigenvalue weighted by molar-refractivity contribution is 7.99. The van der Waals surface area contributed by atoms with Gasteiger partial charge in [0.2, 0.25) is 11.8 Å². The minimum absolute atomic E-state index is 0.0256. The van der Waals surface area contributed by atoms with Crippen LogP contribution in [0.25, 0.3) is 10.2 Å². The molecule has 0 radical (unpaired) electrons. The largest absolute Gasteiger partial charge is 0.352 e. The van der Waals surface area contributed by atoms with Crippen molar-refractivity contribution in [3.63, 3.8) is 0 Å². The molecule has 32 heavy (non-hydrogen) atoms. The molecule has 2 aromatic heterocycles. The minimum atomic E-state index is -0.375. The Hall–Kier alpha value is -3.50. The van der Waals surface area contributed by atoms with Crippen LogP contribution in [0.15, 0.2) is 70.6 Å². The fourth-order valence-corrected chi connectivity index (χ4v) is 4.46. The number of anilines is 1. The van der Waals surface area contributed by atoms with Gasteiger partial charge in [0.15, 0.2) is 10.3 Å². The predicted octanol–water partition coefficient (Wildman–Crippen LogP) is 2.97. The average molecular weight is 466 g/mol. The molecule has 2 heterocycles. The van der Waals surface area contributed by atoms with Gasteiger partial charge in [-0.3, -0.25) is 14.4 Å². The van der Waals surface area contributed by atoms with Crippen molar-refractivity contribution in [2.45, 2.75) is 18.1 Å². The average Bonchev–Trinajstić information content (AvgIpc) is 3.19. The second-order valence-electron chi connectivity index (χ2n) is 6.80. The second-order valence-corrected chi connectivity index (χ2v) is 8.80. The number of hydrogen-bond acceptors (Lipinski definition) is 7. The number of rotatable bonds is 8. The van der Waals surface area contributed by atoms with Crippen molar-refractivity contribution in [1.82, 2.24) is 20.3 Å². The molecule has 0 saturated heterocycles. The molecule has 0 bridgehead atoms. The molecular weight excluding hydrogens is 446 g/mol. The van der Waals surface area contributed by atoms with Crippen molar-refractivity contribution in [2.75, 3.05) is 11.1 Å². The van der Waals surface area contributed by atoms with E-state index in [0.29, 0.717) is 17.4 Å². The zero-order valence-electron chi connectivity index (χ0n) is 16.8. The van der Waals surface area contributed by atoms with E-state index in [1.54, 1.807) is 0 Å². The van der Waals surface area contributed by atoms with Crippen LogP contribution in [0.4, 0.5) is 5.13 Å². The molecule has 162 valence electrons. The molecule has 0 aliphatic heterocycles. The third-order valence-electron chi connectivity index (χ3n) is 4.33. The first kappa shape index (κ1) is 21.7. The maximum Gasteiger partial charge on any atom is 0.251 e. The van der Waals surface area contributed by atoms with E-state index in [0.717, 1.165) is 27.5 Å². The standard InChI is InChI=1S/C22H19N5O3S2/c28-18(23-12-14-6-2-1-3-7-14)10-15-11-19(29)26-21(24-15)31-13-20(30)27-22-25-16-8-4-5-9-17(16)32-22/h1-9,11H,10,12-13H2,(H,23,28)(H,24,26,29)(H,25,27,30). The Kier molecular flexibility index (Phi) is 6.93. The van der Waals surface area contributed by atoms with Crippen LogP contribution in [0, 0.1) is 0 Å². The van der Waals surface area contributed by atoms with Crippen molar-refractivity contribution in [3.05, 3.63) is 82.3 Å². The summed E-state index contributed by atoms with van der Waals surface area (Å²) in [6.07, 6.45) is -0.0256. The van der Waals surface area contributed by atoms with E-state index in [4.69, 9.17) is 0 Å². The molecule has 0 atom stereocenters. The van der Waals surface area contributed by atoms with Crippen LogP contribution in [0.2, 0.25) is 0 Å². The van der Waals surface area contributed by atoms with Crippen LogP contribution in [-0.2, 0) is 22.6 Å². The van der Waals surface area contributed by atoms with E-state index in [-0.39, 0.29) is 34.7 Å². The number of nitrogens with zero attached hydrogens (tertiary/aromatic N) is 2. The van der Waals surface area contributed by atoms with Crippen molar-refractivity contribution in [2.24, 2.45) is 0 Å². The summed E-state index contributed by atoms with van der Waals surface area (Å²) >= 11 is 2.48. The zero-order chi connectivity index (χ0) is 22.3. The summed E-state index contributed by atoms with van der Waals surface area (Å²) in [7, 11) is 0. The third-order valence-corrected chi connectivity index (χ3v) is 6.15. The lowest BCUT2D eigenvalue weighted by molar-refractivity contribution is -0.120. The number of thioether (sulfide) groups is 1. The van der Waals surface area contributed by atoms with E-state index >= 15 is 0 Å². The number of benzene rings is 2. The lowest BCUT2D eigenvalue weighted by Gasteiger charge is -2.06. The number of carbonyl (C=O) groups excluding carboxylic acids is 2. The van der Waals surface area contributed by atoms with Crippen molar-refractivity contribution < 1.29 is 9.59 Å².